The van der Waals surface area contributed by atoms with Crippen LogP contribution in [-0.2, 0) is 0 Å². The van der Waals surface area contributed by atoms with E-state index in [1.165, 1.54) is 18.5 Å². The van der Waals surface area contributed by atoms with E-state index in [1.54, 1.807) is 18.3 Å². The highest BCUT2D eigenvalue weighted by atomic mass is 16.1. The van der Waals surface area contributed by atoms with Gasteiger partial charge in [-0.05, 0) is 64.2 Å². The van der Waals surface area contributed by atoms with Crippen LogP contribution in [0.2, 0.25) is 0 Å². The summed E-state index contributed by atoms with van der Waals surface area (Å²) in [5, 5.41) is 0. The van der Waals surface area contributed by atoms with E-state index in [-0.39, 0.29) is 5.78 Å². The zero-order valence-electron chi connectivity index (χ0n) is 16.1. The average Bonchev–Trinajstić information content (AvgIpc) is 3.10. The number of aromatic nitrogens is 3. The molecule has 1 saturated heterocycles. The van der Waals surface area contributed by atoms with E-state index in [1.807, 2.05) is 13.0 Å². The molecule has 3 heterocycles. The lowest BCUT2D eigenvalue weighted by Gasteiger charge is -2.36. The fourth-order valence-electron chi connectivity index (χ4n) is 3.77. The van der Waals surface area contributed by atoms with Crippen molar-refractivity contribution in [3.8, 4) is 0 Å². The number of aromatic amines is 1. The molecule has 1 aliphatic heterocycles. The lowest BCUT2D eigenvalue weighted by atomic mass is 10.0. The normalized spacial score (nSPS) is 15.6. The Labute approximate surface area is 159 Å². The number of anilines is 1. The lowest BCUT2D eigenvalue weighted by Crippen LogP contribution is -2.41. The molecule has 1 aromatic carbocycles. The van der Waals surface area contributed by atoms with Gasteiger partial charge in [-0.3, -0.25) is 9.78 Å². The van der Waals surface area contributed by atoms with E-state index in [4.69, 9.17) is 0 Å². The Hall–Kier alpha value is -2.73. The van der Waals surface area contributed by atoms with Crippen LogP contribution in [-0.4, -0.2) is 58.9 Å². The molecular formula is C21H25N5O. The van der Waals surface area contributed by atoms with Gasteiger partial charge < -0.3 is 14.8 Å². The number of H-pyrrole nitrogens is 1. The van der Waals surface area contributed by atoms with Gasteiger partial charge in [0.05, 0.1) is 11.0 Å². The predicted octanol–water partition coefficient (Wildman–Crippen LogP) is 3.03. The molecule has 4 rings (SSSR count). The van der Waals surface area contributed by atoms with Gasteiger partial charge >= 0.3 is 0 Å². The maximum Gasteiger partial charge on any atom is 0.228 e. The molecular weight excluding hydrogens is 338 g/mol. The van der Waals surface area contributed by atoms with Crippen LogP contribution in [0.25, 0.3) is 11.0 Å². The molecule has 140 valence electrons. The number of carbonyl (C=O) groups is 1. The van der Waals surface area contributed by atoms with E-state index in [0.29, 0.717) is 17.4 Å². The van der Waals surface area contributed by atoms with Crippen molar-refractivity contribution in [3.05, 3.63) is 53.6 Å². The number of pyridine rings is 1. The Balaban J connectivity index is 1.56. The fraction of sp³-hybridized carbons (Fsp3) is 0.381. The molecule has 0 radical (unpaired) electrons. The summed E-state index contributed by atoms with van der Waals surface area (Å²) in [6, 6.07) is 10.4. The minimum atomic E-state index is -0.106. The molecule has 6 heteroatoms. The first-order valence-electron chi connectivity index (χ1n) is 9.40. The monoisotopic (exact) mass is 363 g/mol. The van der Waals surface area contributed by atoms with Crippen LogP contribution in [0.5, 0.6) is 0 Å². The van der Waals surface area contributed by atoms with Gasteiger partial charge in [0.1, 0.15) is 0 Å². The van der Waals surface area contributed by atoms with Crippen molar-refractivity contribution in [1.29, 1.82) is 0 Å². The molecule has 2 aromatic heterocycles. The maximum absolute atomic E-state index is 12.7. The van der Waals surface area contributed by atoms with E-state index < -0.39 is 0 Å². The largest absolute Gasteiger partial charge is 0.371 e. The second-order valence-electron chi connectivity index (χ2n) is 7.48. The third-order valence-electron chi connectivity index (χ3n) is 5.40. The Morgan fingerprint density at radius 3 is 2.67 bits per heavy atom. The van der Waals surface area contributed by atoms with Crippen molar-refractivity contribution >= 4 is 22.5 Å². The Morgan fingerprint density at radius 1 is 1.19 bits per heavy atom. The number of carbonyl (C=O) groups excluding carboxylic acids is 1. The SMILES string of the molecule is Cc1cc(C(=O)c2nc3ccc(N4CCC(N(C)C)CC4)cc3[nH]2)ccn1. The van der Waals surface area contributed by atoms with Crippen LogP contribution < -0.4 is 4.90 Å². The number of benzene rings is 1. The zero-order valence-corrected chi connectivity index (χ0v) is 16.1. The first kappa shape index (κ1) is 17.7. The van der Waals surface area contributed by atoms with Crippen molar-refractivity contribution < 1.29 is 4.79 Å². The summed E-state index contributed by atoms with van der Waals surface area (Å²) in [4.78, 5) is 29.3. The highest BCUT2D eigenvalue weighted by molar-refractivity contribution is 6.08. The lowest BCUT2D eigenvalue weighted by molar-refractivity contribution is 0.103. The van der Waals surface area contributed by atoms with Gasteiger partial charge in [-0.15, -0.1) is 0 Å². The van der Waals surface area contributed by atoms with Crippen LogP contribution in [0.4, 0.5) is 5.69 Å². The third-order valence-corrected chi connectivity index (χ3v) is 5.40. The minimum absolute atomic E-state index is 0.106. The van der Waals surface area contributed by atoms with Gasteiger partial charge in [0, 0.05) is 42.3 Å². The summed E-state index contributed by atoms with van der Waals surface area (Å²) in [6.07, 6.45) is 3.99. The van der Waals surface area contributed by atoms with E-state index in [2.05, 4.69) is 51.0 Å². The molecule has 0 spiro atoms. The number of fused-ring (bicyclic) bond motifs is 1. The van der Waals surface area contributed by atoms with Crippen LogP contribution in [0.15, 0.2) is 36.5 Å². The number of ketones is 1. The molecule has 1 fully saturated rings. The van der Waals surface area contributed by atoms with Crippen LogP contribution >= 0.6 is 0 Å². The van der Waals surface area contributed by atoms with Gasteiger partial charge in [0.2, 0.25) is 5.78 Å². The summed E-state index contributed by atoms with van der Waals surface area (Å²) >= 11 is 0. The van der Waals surface area contributed by atoms with Gasteiger partial charge in [-0.2, -0.15) is 0 Å². The number of piperidine rings is 1. The topological polar surface area (TPSA) is 65.1 Å². The van der Waals surface area contributed by atoms with E-state index in [0.717, 1.165) is 29.8 Å². The summed E-state index contributed by atoms with van der Waals surface area (Å²) in [5.41, 5.74) is 4.32. The molecule has 3 aromatic rings. The van der Waals surface area contributed by atoms with Crippen molar-refractivity contribution in [3.63, 3.8) is 0 Å². The number of nitrogens with zero attached hydrogens (tertiary/aromatic N) is 4. The van der Waals surface area contributed by atoms with Crippen molar-refractivity contribution in [1.82, 2.24) is 19.9 Å². The number of hydrogen-bond acceptors (Lipinski definition) is 5. The molecule has 6 nitrogen and oxygen atoms in total. The summed E-state index contributed by atoms with van der Waals surface area (Å²) in [6.45, 7) is 3.97. The molecule has 0 amide bonds. The van der Waals surface area contributed by atoms with Crippen LogP contribution in [0.1, 0.15) is 34.7 Å². The van der Waals surface area contributed by atoms with E-state index in [9.17, 15) is 4.79 Å². The number of aryl methyl sites for hydroxylation is 1. The fourth-order valence-corrected chi connectivity index (χ4v) is 3.77. The minimum Gasteiger partial charge on any atom is -0.371 e. The highest BCUT2D eigenvalue weighted by Crippen LogP contribution is 2.25. The smallest absolute Gasteiger partial charge is 0.228 e. The van der Waals surface area contributed by atoms with Gasteiger partial charge in [0.25, 0.3) is 0 Å². The van der Waals surface area contributed by atoms with E-state index >= 15 is 0 Å². The van der Waals surface area contributed by atoms with Crippen LogP contribution in [0, 0.1) is 6.92 Å². The first-order chi connectivity index (χ1) is 13.0. The van der Waals surface area contributed by atoms with Crippen LogP contribution in [0.3, 0.4) is 0 Å². The molecule has 1 N–H and O–H groups in total. The van der Waals surface area contributed by atoms with Crippen molar-refractivity contribution in [2.75, 3.05) is 32.1 Å². The number of nitrogens with one attached hydrogen (secondary N) is 1. The summed E-state index contributed by atoms with van der Waals surface area (Å²) in [5.74, 6) is 0.268. The highest BCUT2D eigenvalue weighted by Gasteiger charge is 2.21. The van der Waals surface area contributed by atoms with Gasteiger partial charge in [0.15, 0.2) is 5.82 Å². The quantitative estimate of drug-likeness (QED) is 0.722. The Morgan fingerprint density at radius 2 is 1.96 bits per heavy atom. The first-order valence-corrected chi connectivity index (χ1v) is 9.40. The number of imidazole rings is 1. The zero-order chi connectivity index (χ0) is 19.0. The average molecular weight is 363 g/mol. The number of rotatable bonds is 4. The molecule has 0 aliphatic carbocycles. The van der Waals surface area contributed by atoms with Gasteiger partial charge in [-0.25, -0.2) is 4.98 Å². The molecule has 0 saturated carbocycles. The molecule has 1 aliphatic rings. The predicted molar refractivity (Wildman–Crippen MR) is 107 cm³/mol. The Kier molecular flexibility index (Phi) is 4.66. The Bertz CT molecular complexity index is 970. The second kappa shape index (κ2) is 7.12. The van der Waals surface area contributed by atoms with Crippen molar-refractivity contribution in [2.24, 2.45) is 0 Å². The van der Waals surface area contributed by atoms with Crippen molar-refractivity contribution in [2.45, 2.75) is 25.8 Å². The summed E-state index contributed by atoms with van der Waals surface area (Å²) in [7, 11) is 4.31. The standard InChI is InChI=1S/C21H25N5O/c1-14-12-15(6-9-22-14)20(27)21-23-18-5-4-17(13-19(18)24-21)26-10-7-16(8-11-26)25(2)3/h4-6,9,12-13,16H,7-8,10-11H2,1-3H3,(H,23,24). The maximum atomic E-state index is 12.7. The van der Waals surface area contributed by atoms with Gasteiger partial charge in [-0.1, -0.05) is 0 Å². The summed E-state index contributed by atoms with van der Waals surface area (Å²) < 4.78 is 0. The second-order valence-corrected chi connectivity index (χ2v) is 7.48. The molecule has 0 bridgehead atoms. The molecule has 0 unspecified atom stereocenters. The number of hydrogen-bond donors (Lipinski definition) is 1. The molecule has 27 heavy (non-hydrogen) atoms. The molecule has 0 atom stereocenters. The third kappa shape index (κ3) is 3.57.